The molecule has 154 valence electrons. The molecule has 0 unspecified atom stereocenters. The predicted octanol–water partition coefficient (Wildman–Crippen LogP) is 3.51. The highest BCUT2D eigenvalue weighted by Gasteiger charge is 2.22. The van der Waals surface area contributed by atoms with E-state index in [2.05, 4.69) is 10.3 Å². The van der Waals surface area contributed by atoms with Gasteiger partial charge in [-0.1, -0.05) is 17.7 Å². The third-order valence-corrected chi connectivity index (χ3v) is 6.23. The Hall–Kier alpha value is -3.43. The summed E-state index contributed by atoms with van der Waals surface area (Å²) in [5.41, 5.74) is 0.494. The molecule has 0 fully saturated rings. The summed E-state index contributed by atoms with van der Waals surface area (Å²) in [6.07, 6.45) is 1.11. The SMILES string of the molecule is CN(c1ccc(Cl)cc1)S(=O)(=O)c1cccc(C(=O)Nc2ccc(C(=O)O)cn2)c1. The second-order valence-corrected chi connectivity index (χ2v) is 8.57. The van der Waals surface area contributed by atoms with Crippen LogP contribution in [0.15, 0.2) is 71.8 Å². The molecule has 1 heterocycles. The monoisotopic (exact) mass is 445 g/mol. The number of hydrogen-bond acceptors (Lipinski definition) is 5. The molecule has 0 radical (unpaired) electrons. The Morgan fingerprint density at radius 3 is 2.33 bits per heavy atom. The molecule has 0 aliphatic heterocycles. The van der Waals surface area contributed by atoms with Crippen molar-refractivity contribution in [3.05, 3.63) is 83.0 Å². The summed E-state index contributed by atoms with van der Waals surface area (Å²) in [5.74, 6) is -1.59. The number of hydrogen-bond donors (Lipinski definition) is 2. The van der Waals surface area contributed by atoms with Crippen LogP contribution in [-0.4, -0.2) is 37.4 Å². The second kappa shape index (κ2) is 8.52. The lowest BCUT2D eigenvalue weighted by molar-refractivity contribution is 0.0696. The molecule has 10 heteroatoms. The van der Waals surface area contributed by atoms with E-state index in [1.165, 1.54) is 43.4 Å². The van der Waals surface area contributed by atoms with Gasteiger partial charge in [-0.25, -0.2) is 18.2 Å². The van der Waals surface area contributed by atoms with Crippen LogP contribution < -0.4 is 9.62 Å². The Labute approximate surface area is 177 Å². The number of pyridine rings is 1. The number of amides is 1. The summed E-state index contributed by atoms with van der Waals surface area (Å²) in [5, 5.41) is 11.9. The minimum Gasteiger partial charge on any atom is -0.478 e. The van der Waals surface area contributed by atoms with Gasteiger partial charge in [-0.3, -0.25) is 9.10 Å². The summed E-state index contributed by atoms with van der Waals surface area (Å²) >= 11 is 5.85. The first-order valence-corrected chi connectivity index (χ1v) is 10.4. The number of carbonyl (C=O) groups excluding carboxylic acids is 1. The van der Waals surface area contributed by atoms with Crippen molar-refractivity contribution in [3.8, 4) is 0 Å². The average molecular weight is 446 g/mol. The van der Waals surface area contributed by atoms with Gasteiger partial charge in [0.1, 0.15) is 5.82 Å². The maximum absolute atomic E-state index is 12.9. The van der Waals surface area contributed by atoms with Crippen molar-refractivity contribution in [2.75, 3.05) is 16.7 Å². The molecule has 0 atom stereocenters. The van der Waals surface area contributed by atoms with E-state index in [1.54, 1.807) is 24.3 Å². The summed E-state index contributed by atoms with van der Waals surface area (Å²) < 4.78 is 27.0. The molecule has 1 amide bonds. The number of anilines is 2. The van der Waals surface area contributed by atoms with E-state index in [9.17, 15) is 18.0 Å². The van der Waals surface area contributed by atoms with Gasteiger partial charge in [-0.2, -0.15) is 0 Å². The zero-order valence-electron chi connectivity index (χ0n) is 15.6. The van der Waals surface area contributed by atoms with Crippen molar-refractivity contribution in [1.29, 1.82) is 0 Å². The maximum Gasteiger partial charge on any atom is 0.337 e. The molecule has 8 nitrogen and oxygen atoms in total. The largest absolute Gasteiger partial charge is 0.478 e. The van der Waals surface area contributed by atoms with Crippen LogP contribution in [0.2, 0.25) is 5.02 Å². The first-order valence-electron chi connectivity index (χ1n) is 8.54. The smallest absolute Gasteiger partial charge is 0.337 e. The average Bonchev–Trinajstić information content (AvgIpc) is 2.74. The first-order chi connectivity index (χ1) is 14.2. The van der Waals surface area contributed by atoms with Gasteiger partial charge in [-0.05, 0) is 54.6 Å². The molecule has 2 N–H and O–H groups in total. The standard InChI is InChI=1S/C20H16ClN3O5S/c1-24(16-8-6-15(21)7-9-16)30(28,29)17-4-2-3-13(11-17)19(25)23-18-10-5-14(12-22-18)20(26)27/h2-12H,1H3,(H,26,27)(H,22,23,25). The number of aromatic carboxylic acids is 1. The highest BCUT2D eigenvalue weighted by atomic mass is 35.5. The van der Waals surface area contributed by atoms with Gasteiger partial charge >= 0.3 is 5.97 Å². The molecule has 0 saturated heterocycles. The van der Waals surface area contributed by atoms with Crippen LogP contribution in [0, 0.1) is 0 Å². The number of benzene rings is 2. The third-order valence-electron chi connectivity index (χ3n) is 4.20. The molecule has 0 bridgehead atoms. The molecule has 3 aromatic rings. The van der Waals surface area contributed by atoms with Gasteiger partial charge in [0, 0.05) is 23.8 Å². The maximum atomic E-state index is 12.9. The topological polar surface area (TPSA) is 117 Å². The van der Waals surface area contributed by atoms with Crippen LogP contribution in [0.5, 0.6) is 0 Å². The minimum atomic E-state index is -3.92. The van der Waals surface area contributed by atoms with Gasteiger partial charge in [0.25, 0.3) is 15.9 Å². The Bertz CT molecular complexity index is 1200. The van der Waals surface area contributed by atoms with Crippen LogP contribution in [0.3, 0.4) is 0 Å². The van der Waals surface area contributed by atoms with Gasteiger partial charge in [0.05, 0.1) is 16.1 Å². The zero-order chi connectivity index (χ0) is 21.9. The van der Waals surface area contributed by atoms with Gasteiger partial charge in [0.2, 0.25) is 0 Å². The summed E-state index contributed by atoms with van der Waals surface area (Å²) in [6.45, 7) is 0. The molecule has 0 aliphatic rings. The van der Waals surface area contributed by atoms with Gasteiger partial charge < -0.3 is 10.4 Å². The first kappa shape index (κ1) is 21.3. The van der Waals surface area contributed by atoms with Crippen LogP contribution in [-0.2, 0) is 10.0 Å². The van der Waals surface area contributed by atoms with E-state index in [-0.39, 0.29) is 21.8 Å². The van der Waals surface area contributed by atoms with Crippen LogP contribution in [0.4, 0.5) is 11.5 Å². The number of rotatable bonds is 6. The van der Waals surface area contributed by atoms with E-state index in [1.807, 2.05) is 0 Å². The Morgan fingerprint density at radius 1 is 1.03 bits per heavy atom. The van der Waals surface area contributed by atoms with Gasteiger partial charge in [0.15, 0.2) is 0 Å². The third kappa shape index (κ3) is 4.58. The van der Waals surface area contributed by atoms with E-state index >= 15 is 0 Å². The number of halogens is 1. The fourth-order valence-corrected chi connectivity index (χ4v) is 3.90. The van der Waals surface area contributed by atoms with Crippen LogP contribution in [0.25, 0.3) is 0 Å². The number of carboxylic acid groups (broad SMARTS) is 1. The highest BCUT2D eigenvalue weighted by Crippen LogP contribution is 2.24. The molecule has 0 aliphatic carbocycles. The highest BCUT2D eigenvalue weighted by molar-refractivity contribution is 7.92. The molecule has 1 aromatic heterocycles. The van der Waals surface area contributed by atoms with Crippen molar-refractivity contribution >= 4 is 45.0 Å². The van der Waals surface area contributed by atoms with Crippen LogP contribution >= 0.6 is 11.6 Å². The lowest BCUT2D eigenvalue weighted by Crippen LogP contribution is -2.26. The summed E-state index contributed by atoms with van der Waals surface area (Å²) in [7, 11) is -2.52. The van der Waals surface area contributed by atoms with E-state index < -0.39 is 21.9 Å². The van der Waals surface area contributed by atoms with E-state index in [4.69, 9.17) is 16.7 Å². The fraction of sp³-hybridized carbons (Fsp3) is 0.0500. The lowest BCUT2D eigenvalue weighted by atomic mass is 10.2. The van der Waals surface area contributed by atoms with Crippen molar-refractivity contribution < 1.29 is 23.1 Å². The number of nitrogens with one attached hydrogen (secondary N) is 1. The summed E-state index contributed by atoms with van der Waals surface area (Å²) in [4.78, 5) is 27.2. The number of carboxylic acids is 1. The quantitative estimate of drug-likeness (QED) is 0.599. The lowest BCUT2D eigenvalue weighted by Gasteiger charge is -2.20. The van der Waals surface area contributed by atoms with Crippen molar-refractivity contribution in [1.82, 2.24) is 4.98 Å². The summed E-state index contributed by atoms with van der Waals surface area (Å²) in [6, 6.07) is 14.5. The predicted molar refractivity (Wildman–Crippen MR) is 113 cm³/mol. The van der Waals surface area contributed by atoms with Crippen LogP contribution in [0.1, 0.15) is 20.7 Å². The number of nitrogens with zero attached hydrogens (tertiary/aromatic N) is 2. The molecular formula is C20H16ClN3O5S. The van der Waals surface area contributed by atoms with Crippen molar-refractivity contribution in [3.63, 3.8) is 0 Å². The number of sulfonamides is 1. The molecule has 3 rings (SSSR count). The minimum absolute atomic E-state index is 0.0219. The molecular weight excluding hydrogens is 430 g/mol. The van der Waals surface area contributed by atoms with Crippen molar-refractivity contribution in [2.24, 2.45) is 0 Å². The molecule has 30 heavy (non-hydrogen) atoms. The number of carbonyl (C=O) groups is 2. The second-order valence-electron chi connectivity index (χ2n) is 6.17. The Morgan fingerprint density at radius 2 is 1.73 bits per heavy atom. The van der Waals surface area contributed by atoms with E-state index in [0.717, 1.165) is 10.5 Å². The fourth-order valence-electron chi connectivity index (χ4n) is 2.53. The van der Waals surface area contributed by atoms with E-state index in [0.29, 0.717) is 10.7 Å². The Balaban J connectivity index is 1.83. The van der Waals surface area contributed by atoms with Crippen molar-refractivity contribution in [2.45, 2.75) is 4.90 Å². The zero-order valence-corrected chi connectivity index (χ0v) is 17.2. The van der Waals surface area contributed by atoms with Gasteiger partial charge in [-0.15, -0.1) is 0 Å². The molecule has 0 saturated carbocycles. The Kier molecular flexibility index (Phi) is 6.04. The molecule has 0 spiro atoms. The number of aromatic nitrogens is 1. The molecule has 2 aromatic carbocycles. The normalized spacial score (nSPS) is 11.0.